The third kappa shape index (κ3) is 4.34. The fourth-order valence-electron chi connectivity index (χ4n) is 2.53. The van der Waals surface area contributed by atoms with E-state index in [1.165, 1.54) is 0 Å². The summed E-state index contributed by atoms with van der Waals surface area (Å²) in [4.78, 5) is 21.5. The number of carbonyl (C=O) groups is 1. The van der Waals surface area contributed by atoms with Gasteiger partial charge >= 0.3 is 6.01 Å². The number of benzene rings is 1. The second-order valence-electron chi connectivity index (χ2n) is 5.49. The van der Waals surface area contributed by atoms with E-state index in [2.05, 4.69) is 9.97 Å². The summed E-state index contributed by atoms with van der Waals surface area (Å²) in [7, 11) is 1.55. The minimum Gasteiger partial charge on any atom is -0.493 e. The van der Waals surface area contributed by atoms with E-state index >= 15 is 0 Å². The van der Waals surface area contributed by atoms with Gasteiger partial charge in [-0.3, -0.25) is 4.79 Å². The van der Waals surface area contributed by atoms with Crippen LogP contribution in [0.25, 0.3) is 0 Å². The molecule has 1 aliphatic heterocycles. The number of aromatic nitrogens is 2. The van der Waals surface area contributed by atoms with Crippen LogP contribution in [-0.2, 0) is 4.79 Å². The molecular formula is C17H18FN3O4. The number of carbonyl (C=O) groups excluding carboxylic acids is 1. The first-order valence-electron chi connectivity index (χ1n) is 7.83. The minimum atomic E-state index is -0.524. The lowest BCUT2D eigenvalue weighted by atomic mass is 10.3. The molecule has 0 aliphatic carbocycles. The maximum atomic E-state index is 12.8. The van der Waals surface area contributed by atoms with E-state index in [1.807, 2.05) is 12.1 Å². The first kappa shape index (κ1) is 16.9. The number of hydrogen-bond acceptors (Lipinski definition) is 6. The van der Waals surface area contributed by atoms with Crippen LogP contribution in [-0.4, -0.2) is 53.7 Å². The Morgan fingerprint density at radius 3 is 2.72 bits per heavy atom. The maximum Gasteiger partial charge on any atom is 0.316 e. The van der Waals surface area contributed by atoms with E-state index in [0.717, 1.165) is 12.4 Å². The molecule has 1 aliphatic rings. The lowest BCUT2D eigenvalue weighted by molar-refractivity contribution is -0.132. The van der Waals surface area contributed by atoms with Gasteiger partial charge in [0.15, 0.2) is 23.9 Å². The van der Waals surface area contributed by atoms with E-state index in [9.17, 15) is 9.18 Å². The van der Waals surface area contributed by atoms with Crippen molar-refractivity contribution in [2.75, 3.05) is 26.8 Å². The Balaban J connectivity index is 1.49. The highest BCUT2D eigenvalue weighted by Crippen LogP contribution is 2.26. The summed E-state index contributed by atoms with van der Waals surface area (Å²) in [6, 6.07) is 7.25. The Hall–Kier alpha value is -2.90. The van der Waals surface area contributed by atoms with Crippen molar-refractivity contribution in [3.63, 3.8) is 0 Å². The van der Waals surface area contributed by atoms with E-state index < -0.39 is 5.82 Å². The van der Waals surface area contributed by atoms with Crippen molar-refractivity contribution in [2.45, 2.75) is 12.5 Å². The Bertz CT molecular complexity index is 726. The molecule has 132 valence electrons. The zero-order valence-corrected chi connectivity index (χ0v) is 13.7. The molecule has 7 nitrogen and oxygen atoms in total. The van der Waals surface area contributed by atoms with Gasteiger partial charge in [-0.15, -0.1) is 0 Å². The van der Waals surface area contributed by atoms with Crippen LogP contribution in [0.2, 0.25) is 0 Å². The largest absolute Gasteiger partial charge is 0.493 e. The van der Waals surface area contributed by atoms with E-state index in [0.29, 0.717) is 31.0 Å². The lowest BCUT2D eigenvalue weighted by Crippen LogP contribution is -2.34. The molecule has 1 saturated heterocycles. The summed E-state index contributed by atoms with van der Waals surface area (Å²) in [6.45, 7) is 0.884. The SMILES string of the molecule is COc1ccccc1OCC(=O)N1CC[C@H](Oc2ncc(F)cn2)C1. The van der Waals surface area contributed by atoms with Crippen LogP contribution in [0.4, 0.5) is 4.39 Å². The van der Waals surface area contributed by atoms with E-state index in [1.54, 1.807) is 24.1 Å². The molecule has 0 N–H and O–H groups in total. The Labute approximate surface area is 144 Å². The van der Waals surface area contributed by atoms with Gasteiger partial charge in [-0.05, 0) is 12.1 Å². The topological polar surface area (TPSA) is 73.8 Å². The van der Waals surface area contributed by atoms with Crippen molar-refractivity contribution in [1.29, 1.82) is 0 Å². The second kappa shape index (κ2) is 7.78. The zero-order valence-electron chi connectivity index (χ0n) is 13.7. The van der Waals surface area contributed by atoms with Gasteiger partial charge in [0.2, 0.25) is 0 Å². The molecule has 1 aromatic heterocycles. The Morgan fingerprint density at radius 1 is 1.28 bits per heavy atom. The number of para-hydroxylation sites is 2. The van der Waals surface area contributed by atoms with Crippen LogP contribution < -0.4 is 14.2 Å². The number of nitrogens with zero attached hydrogens (tertiary/aromatic N) is 3. The molecular weight excluding hydrogens is 329 g/mol. The van der Waals surface area contributed by atoms with Crippen LogP contribution in [0, 0.1) is 5.82 Å². The molecule has 0 radical (unpaired) electrons. The van der Waals surface area contributed by atoms with Crippen molar-refractivity contribution in [2.24, 2.45) is 0 Å². The molecule has 1 atom stereocenters. The van der Waals surface area contributed by atoms with Crippen LogP contribution in [0.1, 0.15) is 6.42 Å². The summed E-state index contributed by atoms with van der Waals surface area (Å²) in [5.74, 6) is 0.428. The number of amides is 1. The van der Waals surface area contributed by atoms with Crippen molar-refractivity contribution < 1.29 is 23.4 Å². The van der Waals surface area contributed by atoms with Gasteiger partial charge in [0.1, 0.15) is 6.10 Å². The Kier molecular flexibility index (Phi) is 5.27. The fraction of sp³-hybridized carbons (Fsp3) is 0.353. The number of halogens is 1. The number of hydrogen-bond donors (Lipinski definition) is 0. The van der Waals surface area contributed by atoms with Crippen LogP contribution in [0.5, 0.6) is 17.5 Å². The summed E-state index contributed by atoms with van der Waals surface area (Å²) < 4.78 is 29.1. The fourth-order valence-corrected chi connectivity index (χ4v) is 2.53. The molecule has 2 heterocycles. The van der Waals surface area contributed by atoms with Crippen LogP contribution >= 0.6 is 0 Å². The van der Waals surface area contributed by atoms with Gasteiger partial charge < -0.3 is 19.1 Å². The number of likely N-dealkylation sites (tertiary alicyclic amines) is 1. The maximum absolute atomic E-state index is 12.8. The summed E-state index contributed by atoms with van der Waals surface area (Å²) >= 11 is 0. The number of rotatable bonds is 6. The summed E-state index contributed by atoms with van der Waals surface area (Å²) in [5, 5.41) is 0. The van der Waals surface area contributed by atoms with Crippen LogP contribution in [0.3, 0.4) is 0 Å². The molecule has 2 aromatic rings. The normalized spacial score (nSPS) is 16.6. The molecule has 0 saturated carbocycles. The van der Waals surface area contributed by atoms with Gasteiger partial charge in [-0.25, -0.2) is 14.4 Å². The first-order valence-corrected chi connectivity index (χ1v) is 7.83. The van der Waals surface area contributed by atoms with E-state index in [-0.39, 0.29) is 24.6 Å². The van der Waals surface area contributed by atoms with Crippen molar-refractivity contribution in [3.05, 3.63) is 42.5 Å². The average Bonchev–Trinajstić information content (AvgIpc) is 3.10. The quantitative estimate of drug-likeness (QED) is 0.792. The predicted octanol–water partition coefficient (Wildman–Crippen LogP) is 1.68. The van der Waals surface area contributed by atoms with Crippen molar-refractivity contribution in [3.8, 4) is 17.5 Å². The average molecular weight is 347 g/mol. The summed E-state index contributed by atoms with van der Waals surface area (Å²) in [6.07, 6.45) is 2.52. The molecule has 0 spiro atoms. The molecule has 25 heavy (non-hydrogen) atoms. The van der Waals surface area contributed by atoms with Crippen molar-refractivity contribution >= 4 is 5.91 Å². The number of ether oxygens (including phenoxy) is 3. The summed E-state index contributed by atoms with van der Waals surface area (Å²) in [5.41, 5.74) is 0. The molecule has 0 unspecified atom stereocenters. The molecule has 1 amide bonds. The monoisotopic (exact) mass is 347 g/mol. The molecule has 0 bridgehead atoms. The van der Waals surface area contributed by atoms with Gasteiger partial charge in [-0.2, -0.15) is 0 Å². The smallest absolute Gasteiger partial charge is 0.316 e. The van der Waals surface area contributed by atoms with Gasteiger partial charge in [-0.1, -0.05) is 12.1 Å². The highest BCUT2D eigenvalue weighted by molar-refractivity contribution is 5.78. The predicted molar refractivity (Wildman–Crippen MR) is 86.1 cm³/mol. The zero-order chi connectivity index (χ0) is 17.6. The van der Waals surface area contributed by atoms with Crippen LogP contribution in [0.15, 0.2) is 36.7 Å². The molecule has 3 rings (SSSR count). The van der Waals surface area contributed by atoms with Gasteiger partial charge in [0.25, 0.3) is 5.91 Å². The molecule has 8 heteroatoms. The highest BCUT2D eigenvalue weighted by atomic mass is 19.1. The van der Waals surface area contributed by atoms with Gasteiger partial charge in [0.05, 0.1) is 26.0 Å². The Morgan fingerprint density at radius 2 is 2.00 bits per heavy atom. The first-order chi connectivity index (χ1) is 12.2. The van der Waals surface area contributed by atoms with Gasteiger partial charge in [0, 0.05) is 13.0 Å². The molecule has 1 aromatic carbocycles. The van der Waals surface area contributed by atoms with Crippen molar-refractivity contribution in [1.82, 2.24) is 14.9 Å². The second-order valence-corrected chi connectivity index (χ2v) is 5.49. The third-order valence-electron chi connectivity index (χ3n) is 3.79. The minimum absolute atomic E-state index is 0.0832. The lowest BCUT2D eigenvalue weighted by Gasteiger charge is -2.17. The third-order valence-corrected chi connectivity index (χ3v) is 3.79. The molecule has 1 fully saturated rings. The number of methoxy groups -OCH3 is 1. The van der Waals surface area contributed by atoms with E-state index in [4.69, 9.17) is 14.2 Å². The highest BCUT2D eigenvalue weighted by Gasteiger charge is 2.28. The standard InChI is InChI=1S/C17H18FN3O4/c1-23-14-4-2-3-5-15(14)24-11-16(22)21-7-6-13(10-21)25-17-19-8-12(18)9-20-17/h2-5,8-9,13H,6-7,10-11H2,1H3/t13-/m0/s1.